The van der Waals surface area contributed by atoms with Gasteiger partial charge in [0.05, 0.1) is 6.42 Å². The fraction of sp³-hybridized carbons (Fsp3) is 0.467. The number of urea groups is 1. The highest BCUT2D eigenvalue weighted by molar-refractivity contribution is 5.91. The number of nitrogens with zero attached hydrogens (tertiary/aromatic N) is 1. The highest BCUT2D eigenvalue weighted by Crippen LogP contribution is 2.18. The normalized spacial score (nSPS) is 15.5. The first-order valence-corrected chi connectivity index (χ1v) is 7.12. The molecule has 2 amide bonds. The number of carbonyl (C=O) groups excluding carboxylic acids is 1. The van der Waals surface area contributed by atoms with E-state index in [1.165, 1.54) is 0 Å². The van der Waals surface area contributed by atoms with Gasteiger partial charge in [0, 0.05) is 18.8 Å². The predicted molar refractivity (Wildman–Crippen MR) is 80.5 cm³/mol. The molecule has 21 heavy (non-hydrogen) atoms. The first-order chi connectivity index (χ1) is 10.1. The molecular weight excluding hydrogens is 270 g/mol. The molecule has 114 valence electrons. The van der Waals surface area contributed by atoms with Crippen LogP contribution in [0, 0.1) is 0 Å². The van der Waals surface area contributed by atoms with Crippen molar-refractivity contribution in [3.05, 3.63) is 29.8 Å². The second-order valence-electron chi connectivity index (χ2n) is 5.25. The molecule has 2 rings (SSSR count). The summed E-state index contributed by atoms with van der Waals surface area (Å²) >= 11 is 0. The fourth-order valence-corrected chi connectivity index (χ4v) is 2.52. The van der Waals surface area contributed by atoms with Gasteiger partial charge in [-0.15, -0.1) is 0 Å². The molecule has 0 aromatic heterocycles. The molecule has 1 fully saturated rings. The molecule has 6 nitrogen and oxygen atoms in total. The number of nitrogens with one attached hydrogen (secondary N) is 2. The van der Waals surface area contributed by atoms with Crippen LogP contribution in [0.15, 0.2) is 24.3 Å². The molecule has 0 unspecified atom stereocenters. The van der Waals surface area contributed by atoms with Crippen molar-refractivity contribution in [2.75, 3.05) is 25.5 Å². The smallest absolute Gasteiger partial charge is 0.321 e. The largest absolute Gasteiger partial charge is 0.481 e. The molecular formula is C15H21N3O3. The van der Waals surface area contributed by atoms with E-state index in [1.807, 2.05) is 0 Å². The van der Waals surface area contributed by atoms with E-state index < -0.39 is 5.97 Å². The standard InChI is InChI=1S/C15H21N3O3/c1-18(12-6-8-16-9-7-12)15(21)17-13-5-3-2-4-11(13)10-14(19)20/h2-5,12,16H,6-10H2,1H3,(H,17,21)(H,19,20). The third-order valence-electron chi connectivity index (χ3n) is 3.78. The molecule has 1 aromatic rings. The number of aliphatic carboxylic acids is 1. The Balaban J connectivity index is 2.03. The third-order valence-corrected chi connectivity index (χ3v) is 3.78. The lowest BCUT2D eigenvalue weighted by Gasteiger charge is -2.31. The molecule has 1 aromatic carbocycles. The van der Waals surface area contributed by atoms with E-state index in [1.54, 1.807) is 36.2 Å². The number of rotatable bonds is 4. The SMILES string of the molecule is CN(C(=O)Nc1ccccc1CC(=O)O)C1CCNCC1. The van der Waals surface area contributed by atoms with Crippen molar-refractivity contribution in [1.29, 1.82) is 0 Å². The van der Waals surface area contributed by atoms with Crippen molar-refractivity contribution < 1.29 is 14.7 Å². The maximum Gasteiger partial charge on any atom is 0.321 e. The number of benzene rings is 1. The monoisotopic (exact) mass is 291 g/mol. The summed E-state index contributed by atoms with van der Waals surface area (Å²) in [6.45, 7) is 1.83. The van der Waals surface area contributed by atoms with Crippen LogP contribution in [0.3, 0.4) is 0 Å². The van der Waals surface area contributed by atoms with Gasteiger partial charge in [-0.05, 0) is 37.6 Å². The summed E-state index contributed by atoms with van der Waals surface area (Å²) in [5, 5.41) is 15.0. The average molecular weight is 291 g/mol. The molecule has 0 atom stereocenters. The highest BCUT2D eigenvalue weighted by Gasteiger charge is 2.22. The zero-order valence-corrected chi connectivity index (χ0v) is 12.1. The summed E-state index contributed by atoms with van der Waals surface area (Å²) in [5.74, 6) is -0.914. The quantitative estimate of drug-likeness (QED) is 0.786. The van der Waals surface area contributed by atoms with Gasteiger partial charge < -0.3 is 20.6 Å². The van der Waals surface area contributed by atoms with E-state index in [0.717, 1.165) is 25.9 Å². The van der Waals surface area contributed by atoms with Crippen LogP contribution in [0.25, 0.3) is 0 Å². The van der Waals surface area contributed by atoms with Crippen LogP contribution in [0.5, 0.6) is 0 Å². The molecule has 1 aliphatic heterocycles. The van der Waals surface area contributed by atoms with Crippen molar-refractivity contribution in [1.82, 2.24) is 10.2 Å². The molecule has 0 radical (unpaired) electrons. The molecule has 1 aliphatic rings. The van der Waals surface area contributed by atoms with E-state index in [-0.39, 0.29) is 18.5 Å². The van der Waals surface area contributed by atoms with Gasteiger partial charge in [-0.2, -0.15) is 0 Å². The van der Waals surface area contributed by atoms with E-state index >= 15 is 0 Å². The number of piperidine rings is 1. The zero-order chi connectivity index (χ0) is 15.2. The van der Waals surface area contributed by atoms with Crippen LogP contribution in [-0.4, -0.2) is 48.2 Å². The number of anilines is 1. The lowest BCUT2D eigenvalue weighted by molar-refractivity contribution is -0.136. The number of amides is 2. The van der Waals surface area contributed by atoms with Gasteiger partial charge in [-0.1, -0.05) is 18.2 Å². The number of hydrogen-bond donors (Lipinski definition) is 3. The van der Waals surface area contributed by atoms with Gasteiger partial charge in [-0.25, -0.2) is 4.79 Å². The Morgan fingerprint density at radius 2 is 2.00 bits per heavy atom. The molecule has 1 heterocycles. The maximum atomic E-state index is 12.3. The first kappa shape index (κ1) is 15.3. The first-order valence-electron chi connectivity index (χ1n) is 7.12. The molecule has 0 spiro atoms. The summed E-state index contributed by atoms with van der Waals surface area (Å²) in [6, 6.07) is 7.02. The van der Waals surface area contributed by atoms with Gasteiger partial charge in [0.25, 0.3) is 0 Å². The van der Waals surface area contributed by atoms with Crippen molar-refractivity contribution in [2.45, 2.75) is 25.3 Å². The van der Waals surface area contributed by atoms with Crippen LogP contribution in [-0.2, 0) is 11.2 Å². The minimum atomic E-state index is -0.914. The van der Waals surface area contributed by atoms with Gasteiger partial charge in [0.2, 0.25) is 0 Å². The summed E-state index contributed by atoms with van der Waals surface area (Å²) in [5.41, 5.74) is 1.17. The van der Waals surface area contributed by atoms with Crippen molar-refractivity contribution in [3.63, 3.8) is 0 Å². The molecule has 6 heteroatoms. The second kappa shape index (κ2) is 7.08. The van der Waals surface area contributed by atoms with E-state index in [0.29, 0.717) is 11.3 Å². The lowest BCUT2D eigenvalue weighted by atomic mass is 10.1. The Bertz CT molecular complexity index is 513. The Hall–Kier alpha value is -2.08. The predicted octanol–water partition coefficient (Wildman–Crippen LogP) is 1.53. The van der Waals surface area contributed by atoms with Gasteiger partial charge in [0.1, 0.15) is 0 Å². The van der Waals surface area contributed by atoms with Crippen LogP contribution >= 0.6 is 0 Å². The zero-order valence-electron chi connectivity index (χ0n) is 12.1. The maximum absolute atomic E-state index is 12.3. The highest BCUT2D eigenvalue weighted by atomic mass is 16.4. The van der Waals surface area contributed by atoms with E-state index in [9.17, 15) is 9.59 Å². The summed E-state index contributed by atoms with van der Waals surface area (Å²) in [6.07, 6.45) is 1.76. The number of carboxylic acids is 1. The molecule has 0 aliphatic carbocycles. The molecule has 3 N–H and O–H groups in total. The van der Waals surface area contributed by atoms with Crippen LogP contribution in [0.1, 0.15) is 18.4 Å². The summed E-state index contributed by atoms with van der Waals surface area (Å²) < 4.78 is 0. The van der Waals surface area contributed by atoms with Crippen molar-refractivity contribution in [3.8, 4) is 0 Å². The Morgan fingerprint density at radius 3 is 2.67 bits per heavy atom. The van der Waals surface area contributed by atoms with Crippen LogP contribution < -0.4 is 10.6 Å². The second-order valence-corrected chi connectivity index (χ2v) is 5.25. The number of carbonyl (C=O) groups is 2. The summed E-state index contributed by atoms with van der Waals surface area (Å²) in [7, 11) is 1.78. The van der Waals surface area contributed by atoms with Crippen LogP contribution in [0.4, 0.5) is 10.5 Å². The van der Waals surface area contributed by atoms with Gasteiger partial charge >= 0.3 is 12.0 Å². The van der Waals surface area contributed by atoms with Crippen molar-refractivity contribution in [2.24, 2.45) is 0 Å². The Morgan fingerprint density at radius 1 is 1.33 bits per heavy atom. The minimum Gasteiger partial charge on any atom is -0.481 e. The van der Waals surface area contributed by atoms with E-state index in [4.69, 9.17) is 5.11 Å². The molecule has 0 saturated carbocycles. The average Bonchev–Trinajstić information content (AvgIpc) is 2.49. The van der Waals surface area contributed by atoms with Crippen molar-refractivity contribution >= 4 is 17.7 Å². The Kier molecular flexibility index (Phi) is 5.16. The Labute approximate surface area is 124 Å². The number of para-hydroxylation sites is 1. The fourth-order valence-electron chi connectivity index (χ4n) is 2.52. The number of hydrogen-bond acceptors (Lipinski definition) is 3. The summed E-state index contributed by atoms with van der Waals surface area (Å²) in [4.78, 5) is 24.9. The van der Waals surface area contributed by atoms with E-state index in [2.05, 4.69) is 10.6 Å². The lowest BCUT2D eigenvalue weighted by Crippen LogP contribution is -2.45. The third kappa shape index (κ3) is 4.19. The van der Waals surface area contributed by atoms with Gasteiger partial charge in [0.15, 0.2) is 0 Å². The molecule has 1 saturated heterocycles. The topological polar surface area (TPSA) is 81.7 Å². The minimum absolute atomic E-state index is 0.104. The van der Waals surface area contributed by atoms with Gasteiger partial charge in [-0.3, -0.25) is 4.79 Å². The molecule has 0 bridgehead atoms. The number of carboxylic acid groups (broad SMARTS) is 1. The van der Waals surface area contributed by atoms with Crippen LogP contribution in [0.2, 0.25) is 0 Å².